The second kappa shape index (κ2) is 15.5. The van der Waals surface area contributed by atoms with Crippen molar-refractivity contribution < 1.29 is 54.8 Å². The average Bonchev–Trinajstić information content (AvgIpc) is 2.15. The third kappa shape index (κ3) is 18.1. The molecule has 0 aliphatic rings. The van der Waals surface area contributed by atoms with Crippen LogP contribution in [0.1, 0.15) is 58.3 Å². The Morgan fingerprint density at radius 2 is 1.47 bits per heavy atom. The van der Waals surface area contributed by atoms with Crippen LogP contribution in [-0.2, 0) is 9.09 Å². The molecule has 1 atom stereocenters. The largest absolute Gasteiger partial charge is 0.326 e. The molecule has 0 bridgehead atoms. The van der Waals surface area contributed by atoms with E-state index in [9.17, 15) is 4.57 Å². The summed E-state index contributed by atoms with van der Waals surface area (Å²) in [5.41, 5.74) is 0. The summed E-state index contributed by atoms with van der Waals surface area (Å²) in [5, 5.41) is 0. The summed E-state index contributed by atoms with van der Waals surface area (Å²) in [4.78, 5) is 8.38. The van der Waals surface area contributed by atoms with Crippen molar-refractivity contribution in [3.8, 4) is 0 Å². The quantitative estimate of drug-likeness (QED) is 0.475. The van der Waals surface area contributed by atoms with Gasteiger partial charge in [0, 0.05) is 40.8 Å². The fraction of sp³-hybridized carbons (Fsp3) is 1.00. The molecule has 0 radical (unpaired) electrons. The summed E-state index contributed by atoms with van der Waals surface area (Å²) in [6.07, 6.45) is 9.83. The normalized spacial score (nSPS) is 12.1. The van der Waals surface area contributed by atoms with Crippen LogP contribution >= 0.6 is 8.25 Å². The summed E-state index contributed by atoms with van der Waals surface area (Å²) in [7, 11) is -2.69. The third-order valence-corrected chi connectivity index (χ3v) is 2.67. The fourth-order valence-corrected chi connectivity index (χ4v) is 1.71. The number of rotatable bonds is 10. The molecule has 0 aromatic rings. The Bertz CT molecular complexity index is 145. The van der Waals surface area contributed by atoms with E-state index in [-0.39, 0.29) is 40.8 Å². The van der Waals surface area contributed by atoms with Crippen LogP contribution in [-0.4, -0.2) is 11.5 Å². The zero-order valence-corrected chi connectivity index (χ0v) is 13.8. The molecule has 0 aliphatic heterocycles. The summed E-state index contributed by atoms with van der Waals surface area (Å²) >= 11 is 0. The van der Waals surface area contributed by atoms with E-state index in [1.54, 1.807) is 0 Å². The van der Waals surface area contributed by atoms with E-state index in [0.717, 1.165) is 12.8 Å². The van der Waals surface area contributed by atoms with Gasteiger partial charge in [-0.15, -0.1) is 0 Å². The molecule has 0 saturated heterocycles. The van der Waals surface area contributed by atoms with Crippen molar-refractivity contribution in [1.82, 2.24) is 0 Å². The van der Waals surface area contributed by atoms with Crippen LogP contribution in [0.5, 0.6) is 0 Å². The van der Waals surface area contributed by atoms with Crippen molar-refractivity contribution in [2.45, 2.75) is 58.3 Å². The summed E-state index contributed by atoms with van der Waals surface area (Å²) in [5.74, 6) is 0. The van der Waals surface area contributed by atoms with Crippen molar-refractivity contribution in [3.63, 3.8) is 0 Å². The predicted octanol–water partition coefficient (Wildman–Crippen LogP) is 3.53. The van der Waals surface area contributed by atoms with Crippen LogP contribution in [0.3, 0.4) is 0 Å². The molecule has 15 heavy (non-hydrogen) atoms. The van der Waals surface area contributed by atoms with Gasteiger partial charge in [-0.2, -0.15) is 0 Å². The number of hydrogen-bond acceptors (Lipinski definition) is 2. The van der Waals surface area contributed by atoms with Gasteiger partial charge >= 0.3 is 8.25 Å². The van der Waals surface area contributed by atoms with E-state index < -0.39 is 8.25 Å². The van der Waals surface area contributed by atoms with Crippen molar-refractivity contribution in [1.29, 1.82) is 0 Å². The first kappa shape index (κ1) is 18.9. The minimum absolute atomic E-state index is 0. The van der Waals surface area contributed by atoms with E-state index in [1.807, 2.05) is 0 Å². The molecular weight excluding hydrogens is 343 g/mol. The Morgan fingerprint density at radius 1 is 1.00 bits per heavy atom. The SMILES string of the molecule is CCCCCCCCCCO[PH](=O)O.[Nd]. The molecule has 1 N–H and O–H groups in total. The average molecular weight is 367 g/mol. The number of unbranched alkanes of at least 4 members (excludes halogenated alkanes) is 7. The van der Waals surface area contributed by atoms with Crippen LogP contribution in [0, 0.1) is 40.8 Å². The monoisotopic (exact) mass is 364 g/mol. The molecule has 0 spiro atoms. The first-order valence-corrected chi connectivity index (χ1v) is 6.89. The first-order chi connectivity index (χ1) is 6.77. The summed E-state index contributed by atoms with van der Waals surface area (Å²) in [6, 6.07) is 0. The van der Waals surface area contributed by atoms with Gasteiger partial charge in [0.05, 0.1) is 6.61 Å². The topological polar surface area (TPSA) is 46.5 Å². The molecule has 0 aromatic heterocycles. The van der Waals surface area contributed by atoms with E-state index in [4.69, 9.17) is 4.89 Å². The minimum Gasteiger partial charge on any atom is -0.326 e. The Morgan fingerprint density at radius 3 is 1.93 bits per heavy atom. The fourth-order valence-electron chi connectivity index (χ4n) is 1.40. The van der Waals surface area contributed by atoms with E-state index >= 15 is 0 Å². The molecule has 0 fully saturated rings. The second-order valence-electron chi connectivity index (χ2n) is 3.59. The van der Waals surface area contributed by atoms with Gasteiger partial charge < -0.3 is 9.42 Å². The van der Waals surface area contributed by atoms with Crippen molar-refractivity contribution >= 4 is 8.25 Å². The Labute approximate surface area is 127 Å². The maximum absolute atomic E-state index is 10.2. The van der Waals surface area contributed by atoms with E-state index in [0.29, 0.717) is 6.61 Å². The molecule has 0 aromatic carbocycles. The predicted molar refractivity (Wildman–Crippen MR) is 59.8 cm³/mol. The molecule has 1 unspecified atom stereocenters. The van der Waals surface area contributed by atoms with Crippen LogP contribution in [0.25, 0.3) is 0 Å². The Balaban J connectivity index is 0. The number of hydrogen-bond donors (Lipinski definition) is 1. The zero-order valence-electron chi connectivity index (χ0n) is 9.63. The Hall–Kier alpha value is 1.50. The molecule has 90 valence electrons. The van der Waals surface area contributed by atoms with Crippen LogP contribution < -0.4 is 0 Å². The molecule has 0 saturated carbocycles. The maximum Gasteiger partial charge on any atom is 0.316 e. The van der Waals surface area contributed by atoms with Crippen molar-refractivity contribution in [2.24, 2.45) is 0 Å². The summed E-state index contributed by atoms with van der Waals surface area (Å²) < 4.78 is 14.8. The van der Waals surface area contributed by atoms with Crippen LogP contribution in [0.4, 0.5) is 0 Å². The minimum atomic E-state index is -2.69. The first-order valence-electron chi connectivity index (χ1n) is 5.63. The van der Waals surface area contributed by atoms with Gasteiger partial charge in [-0.1, -0.05) is 51.9 Å². The van der Waals surface area contributed by atoms with Crippen molar-refractivity contribution in [3.05, 3.63) is 0 Å². The molecular formula is C10H23NdO3P. The van der Waals surface area contributed by atoms with E-state index in [2.05, 4.69) is 11.4 Å². The standard InChI is InChI=1S/C10H23O3P.Nd/c1-2-3-4-5-6-7-8-9-10-13-14(11)12;/h14H,2-10H2,1H3,(H,11,12);. The second-order valence-corrected chi connectivity index (χ2v) is 4.41. The van der Waals surface area contributed by atoms with Gasteiger partial charge in [0.2, 0.25) is 0 Å². The summed E-state index contributed by atoms with van der Waals surface area (Å²) in [6.45, 7) is 2.65. The van der Waals surface area contributed by atoms with Gasteiger partial charge in [0.25, 0.3) is 0 Å². The van der Waals surface area contributed by atoms with Crippen molar-refractivity contribution in [2.75, 3.05) is 6.61 Å². The maximum atomic E-state index is 10.2. The molecule has 5 heteroatoms. The molecule has 0 aliphatic carbocycles. The van der Waals surface area contributed by atoms with Gasteiger partial charge in [-0.25, -0.2) is 0 Å². The van der Waals surface area contributed by atoms with Gasteiger partial charge in [0.15, 0.2) is 0 Å². The molecule has 0 amide bonds. The Kier molecular flexibility index (Phi) is 19.5. The van der Waals surface area contributed by atoms with Gasteiger partial charge in [-0.05, 0) is 6.42 Å². The molecule has 3 nitrogen and oxygen atoms in total. The van der Waals surface area contributed by atoms with Crippen LogP contribution in [0.2, 0.25) is 0 Å². The molecule has 0 heterocycles. The van der Waals surface area contributed by atoms with Gasteiger partial charge in [0.1, 0.15) is 0 Å². The van der Waals surface area contributed by atoms with Crippen LogP contribution in [0.15, 0.2) is 0 Å². The van der Waals surface area contributed by atoms with Gasteiger partial charge in [-0.3, -0.25) is 4.57 Å². The smallest absolute Gasteiger partial charge is 0.316 e. The molecule has 0 rings (SSSR count). The van der Waals surface area contributed by atoms with E-state index in [1.165, 1.54) is 38.5 Å². The third-order valence-electron chi connectivity index (χ3n) is 2.22. The zero-order chi connectivity index (χ0) is 10.6.